The second kappa shape index (κ2) is 10.1. The number of benzene rings is 2. The first kappa shape index (κ1) is 24.9. The fourth-order valence-electron chi connectivity index (χ4n) is 3.34. The van der Waals surface area contributed by atoms with Crippen molar-refractivity contribution >= 4 is 33.2 Å². The molecule has 1 aromatic heterocycles. The van der Waals surface area contributed by atoms with Gasteiger partial charge < -0.3 is 14.6 Å². The second-order valence-corrected chi connectivity index (χ2v) is 10.2. The number of carbonyl (C=O) groups excluding carboxylic acids is 2. The monoisotopic (exact) mass is 481 g/mol. The predicted octanol–water partition coefficient (Wildman–Crippen LogP) is 3.99. The molecule has 8 nitrogen and oxygen atoms in total. The van der Waals surface area contributed by atoms with E-state index in [9.17, 15) is 18.0 Å². The predicted molar refractivity (Wildman–Crippen MR) is 132 cm³/mol. The maximum atomic E-state index is 13.3. The van der Waals surface area contributed by atoms with Crippen molar-refractivity contribution < 1.29 is 22.4 Å². The van der Waals surface area contributed by atoms with Gasteiger partial charge in [0, 0.05) is 38.1 Å². The molecule has 2 aromatic carbocycles. The van der Waals surface area contributed by atoms with Gasteiger partial charge in [0.15, 0.2) is 0 Å². The number of nitrogens with one attached hydrogen (secondary N) is 1. The maximum absolute atomic E-state index is 13.3. The molecule has 1 N–H and O–H groups in total. The summed E-state index contributed by atoms with van der Waals surface area (Å²) >= 11 is 0. The average Bonchev–Trinajstić information content (AvgIpc) is 3.33. The molecule has 0 saturated heterocycles. The van der Waals surface area contributed by atoms with Crippen LogP contribution in [0.2, 0.25) is 0 Å². The van der Waals surface area contributed by atoms with Crippen molar-refractivity contribution in [2.45, 2.75) is 11.8 Å². The van der Waals surface area contributed by atoms with Crippen molar-refractivity contribution in [3.63, 3.8) is 0 Å². The van der Waals surface area contributed by atoms with Crippen molar-refractivity contribution in [1.82, 2.24) is 4.31 Å². The molecule has 3 aromatic rings. The standard InChI is InChI=1S/C25H27N3O5S/c1-17(2)23(24(29)26-19-10-6-9-18(15-19)22-13-8-14-33-22)25(30)28(5)20-11-7-12-21(16-20)34(31,32)27(3)4/h6-16,23H,1H2,2-5H3,(H,26,29). The third kappa shape index (κ3) is 5.27. The quantitative estimate of drug-likeness (QED) is 0.387. The Morgan fingerprint density at radius 3 is 2.32 bits per heavy atom. The second-order valence-electron chi connectivity index (χ2n) is 8.01. The number of furan rings is 1. The van der Waals surface area contributed by atoms with E-state index < -0.39 is 27.8 Å². The van der Waals surface area contributed by atoms with Gasteiger partial charge in [-0.15, -0.1) is 0 Å². The molecule has 0 aliphatic carbocycles. The highest BCUT2D eigenvalue weighted by molar-refractivity contribution is 7.89. The highest BCUT2D eigenvalue weighted by Crippen LogP contribution is 2.26. The summed E-state index contributed by atoms with van der Waals surface area (Å²) < 4.78 is 31.5. The van der Waals surface area contributed by atoms with Gasteiger partial charge in [0.1, 0.15) is 11.7 Å². The molecule has 34 heavy (non-hydrogen) atoms. The molecule has 0 spiro atoms. The fourth-order valence-corrected chi connectivity index (χ4v) is 4.28. The van der Waals surface area contributed by atoms with Crippen LogP contribution in [0.25, 0.3) is 11.3 Å². The van der Waals surface area contributed by atoms with Gasteiger partial charge in [-0.3, -0.25) is 9.59 Å². The smallest absolute Gasteiger partial charge is 0.243 e. The molecule has 0 radical (unpaired) electrons. The number of nitrogens with zero attached hydrogens (tertiary/aromatic N) is 2. The van der Waals surface area contributed by atoms with E-state index in [1.165, 1.54) is 38.2 Å². The molecule has 9 heteroatoms. The Morgan fingerprint density at radius 1 is 1.00 bits per heavy atom. The summed E-state index contributed by atoms with van der Waals surface area (Å²) in [6.45, 7) is 5.43. The lowest BCUT2D eigenvalue weighted by molar-refractivity contribution is -0.129. The van der Waals surface area contributed by atoms with Crippen LogP contribution in [0.15, 0.2) is 88.4 Å². The zero-order valence-corrected chi connectivity index (χ0v) is 20.3. The number of amides is 2. The molecule has 0 fully saturated rings. The van der Waals surface area contributed by atoms with Crippen LogP contribution in [0, 0.1) is 5.92 Å². The minimum Gasteiger partial charge on any atom is -0.464 e. The Morgan fingerprint density at radius 2 is 1.71 bits per heavy atom. The van der Waals surface area contributed by atoms with Crippen molar-refractivity contribution in [2.75, 3.05) is 31.4 Å². The van der Waals surface area contributed by atoms with Gasteiger partial charge in [-0.05, 0) is 49.4 Å². The molecule has 0 aliphatic heterocycles. The number of anilines is 2. The third-order valence-electron chi connectivity index (χ3n) is 5.25. The SMILES string of the molecule is C=C(C)C(C(=O)Nc1cccc(-c2ccco2)c1)C(=O)N(C)c1cccc(S(=O)(=O)N(C)C)c1. The summed E-state index contributed by atoms with van der Waals surface area (Å²) in [6, 6.07) is 16.6. The van der Waals surface area contributed by atoms with Gasteiger partial charge in [0.05, 0.1) is 11.2 Å². The lowest BCUT2D eigenvalue weighted by atomic mass is 9.98. The lowest BCUT2D eigenvalue weighted by Gasteiger charge is -2.24. The molecule has 0 aliphatic rings. The molecular weight excluding hydrogens is 454 g/mol. The Bertz CT molecular complexity index is 1310. The molecule has 1 heterocycles. The lowest BCUT2D eigenvalue weighted by Crippen LogP contribution is -2.40. The van der Waals surface area contributed by atoms with Crippen LogP contribution in [0.1, 0.15) is 6.92 Å². The van der Waals surface area contributed by atoms with Gasteiger partial charge >= 0.3 is 0 Å². The summed E-state index contributed by atoms with van der Waals surface area (Å²) in [5.41, 5.74) is 1.97. The fraction of sp³-hybridized carbons (Fsp3) is 0.200. The van der Waals surface area contributed by atoms with E-state index in [2.05, 4.69) is 11.9 Å². The van der Waals surface area contributed by atoms with Crippen LogP contribution >= 0.6 is 0 Å². The van der Waals surface area contributed by atoms with Gasteiger partial charge in [0.2, 0.25) is 21.8 Å². The highest BCUT2D eigenvalue weighted by atomic mass is 32.2. The van der Waals surface area contributed by atoms with Crippen molar-refractivity contribution in [2.24, 2.45) is 5.92 Å². The summed E-state index contributed by atoms with van der Waals surface area (Å²) in [4.78, 5) is 27.7. The largest absolute Gasteiger partial charge is 0.464 e. The minimum absolute atomic E-state index is 0.0423. The maximum Gasteiger partial charge on any atom is 0.243 e. The van der Waals surface area contributed by atoms with Crippen LogP contribution in [0.4, 0.5) is 11.4 Å². The average molecular weight is 482 g/mol. The zero-order valence-electron chi connectivity index (χ0n) is 19.5. The summed E-state index contributed by atoms with van der Waals surface area (Å²) in [5.74, 6) is -1.60. The van der Waals surface area contributed by atoms with Gasteiger partial charge in [-0.1, -0.05) is 30.4 Å². The normalized spacial score (nSPS) is 12.3. The van der Waals surface area contributed by atoms with Crippen molar-refractivity contribution in [3.8, 4) is 11.3 Å². The van der Waals surface area contributed by atoms with Crippen LogP contribution in [0.5, 0.6) is 0 Å². The van der Waals surface area contributed by atoms with E-state index in [1.54, 1.807) is 55.7 Å². The van der Waals surface area contributed by atoms with E-state index in [-0.39, 0.29) is 4.90 Å². The van der Waals surface area contributed by atoms with Gasteiger partial charge in [-0.25, -0.2) is 12.7 Å². The highest BCUT2D eigenvalue weighted by Gasteiger charge is 2.31. The Balaban J connectivity index is 1.84. The first-order valence-corrected chi connectivity index (χ1v) is 11.9. The molecular formula is C25H27N3O5S. The molecule has 1 unspecified atom stereocenters. The van der Waals surface area contributed by atoms with Crippen LogP contribution in [-0.4, -0.2) is 45.7 Å². The Hall–Kier alpha value is -3.69. The number of hydrogen-bond donors (Lipinski definition) is 1. The van der Waals surface area contributed by atoms with E-state index in [4.69, 9.17) is 4.42 Å². The number of hydrogen-bond acceptors (Lipinski definition) is 5. The number of sulfonamides is 1. The Labute approximate surface area is 199 Å². The van der Waals surface area contributed by atoms with E-state index in [0.29, 0.717) is 22.7 Å². The van der Waals surface area contributed by atoms with Crippen LogP contribution < -0.4 is 10.2 Å². The molecule has 0 saturated carbocycles. The van der Waals surface area contributed by atoms with Crippen LogP contribution in [-0.2, 0) is 19.6 Å². The van der Waals surface area contributed by atoms with Gasteiger partial charge in [-0.2, -0.15) is 0 Å². The van der Waals surface area contributed by atoms with Crippen LogP contribution in [0.3, 0.4) is 0 Å². The first-order chi connectivity index (χ1) is 16.0. The first-order valence-electron chi connectivity index (χ1n) is 10.4. The molecule has 0 bridgehead atoms. The number of rotatable bonds is 8. The third-order valence-corrected chi connectivity index (χ3v) is 7.06. The molecule has 3 rings (SSSR count). The van der Waals surface area contributed by atoms with E-state index >= 15 is 0 Å². The van der Waals surface area contributed by atoms with Crippen molar-refractivity contribution in [3.05, 3.63) is 79.1 Å². The topological polar surface area (TPSA) is 99.9 Å². The molecule has 178 valence electrons. The van der Waals surface area contributed by atoms with E-state index in [0.717, 1.165) is 9.87 Å². The summed E-state index contributed by atoms with van der Waals surface area (Å²) in [5, 5.41) is 2.77. The number of carbonyl (C=O) groups is 2. The molecule has 2 amide bonds. The molecule has 1 atom stereocenters. The minimum atomic E-state index is -3.68. The van der Waals surface area contributed by atoms with Crippen molar-refractivity contribution in [1.29, 1.82) is 0 Å². The zero-order chi connectivity index (χ0) is 25.0. The van der Waals surface area contributed by atoms with E-state index in [1.807, 2.05) is 6.07 Å². The summed E-state index contributed by atoms with van der Waals surface area (Å²) in [7, 11) is 0.666. The Kier molecular flexibility index (Phi) is 7.38. The van der Waals surface area contributed by atoms with Gasteiger partial charge in [0.25, 0.3) is 0 Å². The summed E-state index contributed by atoms with van der Waals surface area (Å²) in [6.07, 6.45) is 1.56.